The number of ether oxygens (including phenoxy) is 1. The summed E-state index contributed by atoms with van der Waals surface area (Å²) in [5, 5.41) is 1.03. The zero-order valence-corrected chi connectivity index (χ0v) is 15.4. The smallest absolute Gasteiger partial charge is 0.255 e. The van der Waals surface area contributed by atoms with Crippen LogP contribution in [0, 0.1) is 0 Å². The van der Waals surface area contributed by atoms with Crippen molar-refractivity contribution in [3.05, 3.63) is 48.2 Å². The number of aromatic nitrogens is 2. The molecule has 0 spiro atoms. The summed E-state index contributed by atoms with van der Waals surface area (Å²) in [5.74, 6) is 0.533. The standard InChI is InChI=1S/C19H20N4O2S/c1-25-17-8-7-14(13-20-17)18(24)22-9-4-10-23(12-11-22)19-21-15-5-2-3-6-16(15)26-19/h2-3,5-8,13H,4,9-12H2,1H3. The molecule has 1 aromatic carbocycles. The van der Waals surface area contributed by atoms with Crippen LogP contribution in [-0.2, 0) is 0 Å². The van der Waals surface area contributed by atoms with Crippen molar-refractivity contribution in [2.45, 2.75) is 6.42 Å². The summed E-state index contributed by atoms with van der Waals surface area (Å²) in [7, 11) is 1.56. The Kier molecular flexibility index (Phi) is 4.71. The Labute approximate surface area is 156 Å². The lowest BCUT2D eigenvalue weighted by atomic mass is 10.2. The number of pyridine rings is 1. The molecule has 4 rings (SSSR count). The van der Waals surface area contributed by atoms with Gasteiger partial charge in [-0.05, 0) is 24.6 Å². The number of benzene rings is 1. The number of para-hydroxylation sites is 1. The van der Waals surface area contributed by atoms with E-state index in [-0.39, 0.29) is 5.91 Å². The van der Waals surface area contributed by atoms with Gasteiger partial charge in [0, 0.05) is 38.4 Å². The van der Waals surface area contributed by atoms with Crippen molar-refractivity contribution < 1.29 is 9.53 Å². The van der Waals surface area contributed by atoms with E-state index in [9.17, 15) is 4.79 Å². The number of fused-ring (bicyclic) bond motifs is 1. The van der Waals surface area contributed by atoms with Gasteiger partial charge >= 0.3 is 0 Å². The second kappa shape index (κ2) is 7.29. The average molecular weight is 368 g/mol. The summed E-state index contributed by atoms with van der Waals surface area (Å²) in [4.78, 5) is 25.8. The first-order valence-corrected chi connectivity index (χ1v) is 9.46. The molecule has 1 amide bonds. The Morgan fingerprint density at radius 2 is 2.00 bits per heavy atom. The van der Waals surface area contributed by atoms with E-state index >= 15 is 0 Å². The maximum atomic E-state index is 12.7. The molecule has 0 saturated carbocycles. The van der Waals surface area contributed by atoms with Crippen LogP contribution >= 0.6 is 11.3 Å². The number of nitrogens with zero attached hydrogens (tertiary/aromatic N) is 4. The fourth-order valence-electron chi connectivity index (χ4n) is 3.12. The van der Waals surface area contributed by atoms with Gasteiger partial charge in [-0.2, -0.15) is 0 Å². The van der Waals surface area contributed by atoms with Crippen molar-refractivity contribution in [1.29, 1.82) is 0 Å². The van der Waals surface area contributed by atoms with Crippen molar-refractivity contribution in [1.82, 2.24) is 14.9 Å². The zero-order valence-electron chi connectivity index (χ0n) is 14.6. The summed E-state index contributed by atoms with van der Waals surface area (Å²) in [6.45, 7) is 3.12. The number of hydrogen-bond donors (Lipinski definition) is 0. The highest BCUT2D eigenvalue weighted by Gasteiger charge is 2.22. The van der Waals surface area contributed by atoms with Gasteiger partial charge in [0.05, 0.1) is 22.9 Å². The Morgan fingerprint density at radius 1 is 1.12 bits per heavy atom. The predicted molar refractivity (Wildman–Crippen MR) is 103 cm³/mol. The fourth-order valence-corrected chi connectivity index (χ4v) is 4.13. The molecule has 0 unspecified atom stereocenters. The molecule has 7 heteroatoms. The Bertz CT molecular complexity index is 876. The van der Waals surface area contributed by atoms with Crippen LogP contribution in [0.25, 0.3) is 10.2 Å². The van der Waals surface area contributed by atoms with E-state index in [1.165, 1.54) is 4.70 Å². The Morgan fingerprint density at radius 3 is 2.77 bits per heavy atom. The number of anilines is 1. The van der Waals surface area contributed by atoms with Crippen LogP contribution in [0.3, 0.4) is 0 Å². The third-order valence-electron chi connectivity index (χ3n) is 4.53. The maximum Gasteiger partial charge on any atom is 0.255 e. The zero-order chi connectivity index (χ0) is 17.9. The Hall–Kier alpha value is -2.67. The van der Waals surface area contributed by atoms with Crippen molar-refractivity contribution in [3.8, 4) is 5.88 Å². The first-order valence-electron chi connectivity index (χ1n) is 8.64. The van der Waals surface area contributed by atoms with E-state index < -0.39 is 0 Å². The van der Waals surface area contributed by atoms with E-state index in [2.05, 4.69) is 16.0 Å². The summed E-state index contributed by atoms with van der Waals surface area (Å²) in [5.41, 5.74) is 1.63. The minimum atomic E-state index is 0.0197. The number of carbonyl (C=O) groups excluding carboxylic acids is 1. The number of hydrogen-bond acceptors (Lipinski definition) is 6. The van der Waals surface area contributed by atoms with Gasteiger partial charge in [-0.15, -0.1) is 0 Å². The van der Waals surface area contributed by atoms with E-state index in [4.69, 9.17) is 9.72 Å². The lowest BCUT2D eigenvalue weighted by molar-refractivity contribution is 0.0766. The van der Waals surface area contributed by atoms with Crippen LogP contribution in [0.15, 0.2) is 42.6 Å². The molecule has 0 atom stereocenters. The molecule has 1 saturated heterocycles. The van der Waals surface area contributed by atoms with Gasteiger partial charge in [0.2, 0.25) is 5.88 Å². The number of thiazole rings is 1. The summed E-state index contributed by atoms with van der Waals surface area (Å²) < 4.78 is 6.25. The highest BCUT2D eigenvalue weighted by atomic mass is 32.1. The van der Waals surface area contributed by atoms with Crippen LogP contribution in [0.1, 0.15) is 16.8 Å². The van der Waals surface area contributed by atoms with Crippen LogP contribution in [0.5, 0.6) is 5.88 Å². The molecule has 3 aromatic rings. The lowest BCUT2D eigenvalue weighted by Crippen LogP contribution is -2.35. The summed E-state index contributed by atoms with van der Waals surface area (Å²) in [6.07, 6.45) is 2.50. The van der Waals surface area contributed by atoms with Gasteiger partial charge in [0.1, 0.15) is 0 Å². The van der Waals surface area contributed by atoms with Gasteiger partial charge in [-0.25, -0.2) is 9.97 Å². The monoisotopic (exact) mass is 368 g/mol. The molecule has 1 aliphatic heterocycles. The predicted octanol–water partition coefficient (Wildman–Crippen LogP) is 3.05. The van der Waals surface area contributed by atoms with E-state index in [0.29, 0.717) is 18.0 Å². The summed E-state index contributed by atoms with van der Waals surface area (Å²) in [6, 6.07) is 11.7. The first-order chi connectivity index (χ1) is 12.7. The molecule has 3 heterocycles. The fraction of sp³-hybridized carbons (Fsp3) is 0.316. The summed E-state index contributed by atoms with van der Waals surface area (Å²) >= 11 is 1.71. The first kappa shape index (κ1) is 16.8. The topological polar surface area (TPSA) is 58.6 Å². The molecule has 134 valence electrons. The quantitative estimate of drug-likeness (QED) is 0.711. The van der Waals surface area contributed by atoms with Gasteiger partial charge in [0.15, 0.2) is 5.13 Å². The minimum absolute atomic E-state index is 0.0197. The second-order valence-corrected chi connectivity index (χ2v) is 7.20. The third-order valence-corrected chi connectivity index (χ3v) is 5.63. The molecule has 1 fully saturated rings. The molecule has 0 radical (unpaired) electrons. The van der Waals surface area contributed by atoms with Crippen molar-refractivity contribution in [2.75, 3.05) is 38.2 Å². The van der Waals surface area contributed by atoms with Gasteiger partial charge in [0.25, 0.3) is 5.91 Å². The lowest BCUT2D eigenvalue weighted by Gasteiger charge is -2.21. The third kappa shape index (κ3) is 3.35. The SMILES string of the molecule is COc1ccc(C(=O)N2CCCN(c3nc4ccccc4s3)CC2)cn1. The molecule has 0 aliphatic carbocycles. The molecule has 26 heavy (non-hydrogen) atoms. The van der Waals surface area contributed by atoms with Gasteiger partial charge < -0.3 is 14.5 Å². The van der Waals surface area contributed by atoms with Crippen molar-refractivity contribution in [2.24, 2.45) is 0 Å². The number of amides is 1. The molecule has 6 nitrogen and oxygen atoms in total. The molecule has 2 aromatic heterocycles. The van der Waals surface area contributed by atoms with Crippen molar-refractivity contribution >= 4 is 32.6 Å². The average Bonchev–Trinajstić information content (AvgIpc) is 2.97. The molecule has 0 bridgehead atoms. The number of rotatable bonds is 3. The van der Waals surface area contributed by atoms with E-state index in [0.717, 1.165) is 36.7 Å². The normalized spacial score (nSPS) is 15.1. The van der Waals surface area contributed by atoms with Crippen LogP contribution in [0.4, 0.5) is 5.13 Å². The molecular weight excluding hydrogens is 348 g/mol. The largest absolute Gasteiger partial charge is 0.481 e. The molecule has 1 aliphatic rings. The van der Waals surface area contributed by atoms with E-state index in [1.807, 2.05) is 23.1 Å². The van der Waals surface area contributed by atoms with Crippen LogP contribution in [0.2, 0.25) is 0 Å². The molecule has 0 N–H and O–H groups in total. The number of methoxy groups -OCH3 is 1. The van der Waals surface area contributed by atoms with E-state index in [1.54, 1.807) is 36.8 Å². The van der Waals surface area contributed by atoms with Crippen molar-refractivity contribution in [3.63, 3.8) is 0 Å². The number of carbonyl (C=O) groups is 1. The van der Waals surface area contributed by atoms with Crippen LogP contribution < -0.4 is 9.64 Å². The maximum absolute atomic E-state index is 12.7. The highest BCUT2D eigenvalue weighted by molar-refractivity contribution is 7.22. The minimum Gasteiger partial charge on any atom is -0.481 e. The highest BCUT2D eigenvalue weighted by Crippen LogP contribution is 2.29. The second-order valence-electron chi connectivity index (χ2n) is 6.19. The van der Waals surface area contributed by atoms with Gasteiger partial charge in [-0.1, -0.05) is 23.5 Å². The van der Waals surface area contributed by atoms with Gasteiger partial charge in [-0.3, -0.25) is 4.79 Å². The van der Waals surface area contributed by atoms with Crippen LogP contribution in [-0.4, -0.2) is 54.1 Å². The molecular formula is C19H20N4O2S. The Balaban J connectivity index is 1.46.